The fourth-order valence-corrected chi connectivity index (χ4v) is 7.29. The average Bonchev–Trinajstić information content (AvgIpc) is 3.18. The molecule has 6 aromatic carbocycles. The van der Waals surface area contributed by atoms with E-state index in [4.69, 9.17) is 9.98 Å². The van der Waals surface area contributed by atoms with E-state index >= 15 is 0 Å². The lowest BCUT2D eigenvalue weighted by Gasteiger charge is -2.15. The number of benzene rings is 6. The minimum absolute atomic E-state index is 0.743. The van der Waals surface area contributed by atoms with Crippen LogP contribution in [0.3, 0.4) is 0 Å². The van der Waals surface area contributed by atoms with Crippen LogP contribution in [0.25, 0.3) is 49.9 Å². The molecule has 246 valence electrons. The van der Waals surface area contributed by atoms with E-state index in [1.807, 2.05) is 6.07 Å². The zero-order valence-corrected chi connectivity index (χ0v) is 29.2. The molecule has 0 aromatic heterocycles. The fourth-order valence-electron chi connectivity index (χ4n) is 7.29. The average molecular weight is 657 g/mol. The van der Waals surface area contributed by atoms with Gasteiger partial charge in [0.25, 0.3) is 0 Å². The number of amidine groups is 1. The first kappa shape index (κ1) is 32.1. The number of nitrogens with zero attached hydrogens (tertiary/aromatic N) is 2. The monoisotopic (exact) mass is 656 g/mol. The second kappa shape index (κ2) is 14.4. The van der Waals surface area contributed by atoms with Gasteiger partial charge >= 0.3 is 0 Å². The van der Waals surface area contributed by atoms with Crippen molar-refractivity contribution >= 4 is 39.2 Å². The van der Waals surface area contributed by atoms with Gasteiger partial charge in [-0.1, -0.05) is 146 Å². The van der Waals surface area contributed by atoms with Crippen LogP contribution in [0, 0.1) is 6.92 Å². The van der Waals surface area contributed by atoms with Crippen molar-refractivity contribution in [3.05, 3.63) is 197 Å². The SMILES string of the molecule is C/C=C\c1c(C)c2ccccc2c2ccc(-c3cccc(-c4cccc(/C5=N/C(c6ccccc6)=N\C(\C=C6/C=CC=CC6)=C/CC5)c4)c3)cc12. The second-order valence-electron chi connectivity index (χ2n) is 13.2. The highest BCUT2D eigenvalue weighted by Gasteiger charge is 2.14. The molecule has 51 heavy (non-hydrogen) atoms. The molecule has 0 unspecified atom stereocenters. The highest BCUT2D eigenvalue weighted by atomic mass is 14.9. The Bertz CT molecular complexity index is 2500. The molecule has 0 radical (unpaired) electrons. The Morgan fingerprint density at radius 3 is 2.00 bits per heavy atom. The topological polar surface area (TPSA) is 24.7 Å². The maximum absolute atomic E-state index is 5.26. The van der Waals surface area contributed by atoms with Gasteiger partial charge in [0.2, 0.25) is 0 Å². The maximum Gasteiger partial charge on any atom is 0.159 e. The van der Waals surface area contributed by atoms with Gasteiger partial charge in [-0.05, 0) is 123 Å². The minimum atomic E-state index is 0.743. The van der Waals surface area contributed by atoms with Crippen molar-refractivity contribution in [1.29, 1.82) is 0 Å². The van der Waals surface area contributed by atoms with Gasteiger partial charge in [-0.25, -0.2) is 9.98 Å². The van der Waals surface area contributed by atoms with Crippen molar-refractivity contribution in [2.24, 2.45) is 9.98 Å². The van der Waals surface area contributed by atoms with Crippen molar-refractivity contribution < 1.29 is 0 Å². The van der Waals surface area contributed by atoms with E-state index in [1.54, 1.807) is 0 Å². The summed E-state index contributed by atoms with van der Waals surface area (Å²) in [5.41, 5.74) is 12.8. The van der Waals surface area contributed by atoms with E-state index in [-0.39, 0.29) is 0 Å². The number of rotatable bonds is 6. The van der Waals surface area contributed by atoms with E-state index < -0.39 is 0 Å². The number of aliphatic imine (C=N–C) groups is 2. The zero-order chi connectivity index (χ0) is 34.6. The van der Waals surface area contributed by atoms with Gasteiger partial charge in [-0.3, -0.25) is 0 Å². The van der Waals surface area contributed by atoms with Crippen molar-refractivity contribution in [3.8, 4) is 22.3 Å². The molecule has 1 aliphatic carbocycles. The molecule has 1 heterocycles. The van der Waals surface area contributed by atoms with Crippen LogP contribution in [-0.4, -0.2) is 11.5 Å². The molecule has 0 N–H and O–H groups in total. The van der Waals surface area contributed by atoms with Crippen LogP contribution in [0.4, 0.5) is 0 Å². The van der Waals surface area contributed by atoms with Crippen molar-refractivity contribution in [2.45, 2.75) is 33.1 Å². The Morgan fingerprint density at radius 1 is 0.588 bits per heavy atom. The summed E-state index contributed by atoms with van der Waals surface area (Å²) in [5.74, 6) is 0.743. The third-order valence-electron chi connectivity index (χ3n) is 9.88. The molecule has 0 amide bonds. The molecule has 2 nitrogen and oxygen atoms in total. The summed E-state index contributed by atoms with van der Waals surface area (Å²) < 4.78 is 0. The Kier molecular flexibility index (Phi) is 9.06. The first-order valence-electron chi connectivity index (χ1n) is 17.9. The lowest BCUT2D eigenvalue weighted by Crippen LogP contribution is -2.09. The Balaban J connectivity index is 1.16. The lowest BCUT2D eigenvalue weighted by molar-refractivity contribution is 1.06. The quantitative estimate of drug-likeness (QED) is 0.159. The first-order chi connectivity index (χ1) is 25.1. The molecule has 0 spiro atoms. The number of hydrogen-bond acceptors (Lipinski definition) is 2. The van der Waals surface area contributed by atoms with E-state index in [2.05, 4.69) is 178 Å². The van der Waals surface area contributed by atoms with Gasteiger partial charge in [0.1, 0.15) is 0 Å². The largest absolute Gasteiger partial charge is 0.232 e. The third-order valence-corrected chi connectivity index (χ3v) is 9.88. The molecule has 0 saturated carbocycles. The molecule has 6 aromatic rings. The van der Waals surface area contributed by atoms with E-state index in [9.17, 15) is 0 Å². The summed E-state index contributed by atoms with van der Waals surface area (Å²) >= 11 is 0. The van der Waals surface area contributed by atoms with Gasteiger partial charge in [0, 0.05) is 5.56 Å². The molecule has 0 fully saturated rings. The van der Waals surface area contributed by atoms with Gasteiger partial charge < -0.3 is 0 Å². The van der Waals surface area contributed by atoms with Crippen LogP contribution in [0.2, 0.25) is 0 Å². The normalized spacial score (nSPS) is 18.6. The molecule has 2 heteroatoms. The van der Waals surface area contributed by atoms with Crippen LogP contribution in [0.5, 0.6) is 0 Å². The van der Waals surface area contributed by atoms with Crippen LogP contribution in [0.1, 0.15) is 48.4 Å². The predicted octanol–water partition coefficient (Wildman–Crippen LogP) is 13.0. The molecule has 2 aliphatic rings. The van der Waals surface area contributed by atoms with Gasteiger partial charge in [0.05, 0.1) is 11.4 Å². The minimum Gasteiger partial charge on any atom is -0.232 e. The van der Waals surface area contributed by atoms with E-state index in [0.29, 0.717) is 0 Å². The van der Waals surface area contributed by atoms with Crippen LogP contribution >= 0.6 is 0 Å². The molecule has 0 atom stereocenters. The standard InChI is InChI=1S/C49H40N2/c1-3-15-43-34(2)44-25-10-11-26-45(44)46-29-28-40(33-47(43)46)38-21-12-20-37(31-38)39-22-13-23-41(32-39)48-27-14-24-42(30-35-16-6-4-7-17-35)50-49(51-48)36-18-8-5-9-19-36/h3-13,15-16,18-26,28-33H,14,17,27H2,1-2H3/b15-3-,35-30+,42-24-,50-49-,51-48+. The Morgan fingerprint density at radius 2 is 1.25 bits per heavy atom. The van der Waals surface area contributed by atoms with E-state index in [1.165, 1.54) is 60.5 Å². The smallest absolute Gasteiger partial charge is 0.159 e. The summed E-state index contributed by atoms with van der Waals surface area (Å²) in [6.45, 7) is 4.34. The number of aryl methyl sites for hydroxylation is 1. The van der Waals surface area contributed by atoms with Crippen LogP contribution in [-0.2, 0) is 0 Å². The summed E-state index contributed by atoms with van der Waals surface area (Å²) in [7, 11) is 0. The van der Waals surface area contributed by atoms with Crippen LogP contribution in [0.15, 0.2) is 185 Å². The zero-order valence-electron chi connectivity index (χ0n) is 29.2. The Hall–Kier alpha value is -6.12. The van der Waals surface area contributed by atoms with Crippen LogP contribution < -0.4 is 0 Å². The van der Waals surface area contributed by atoms with Crippen molar-refractivity contribution in [2.75, 3.05) is 0 Å². The van der Waals surface area contributed by atoms with Gasteiger partial charge in [-0.2, -0.15) is 0 Å². The van der Waals surface area contributed by atoms with Crippen molar-refractivity contribution in [3.63, 3.8) is 0 Å². The first-order valence-corrected chi connectivity index (χ1v) is 17.9. The molecular formula is C49H40N2. The highest BCUT2D eigenvalue weighted by Crippen LogP contribution is 2.37. The molecule has 1 aliphatic heterocycles. The lowest BCUT2D eigenvalue weighted by atomic mass is 9.89. The van der Waals surface area contributed by atoms with Gasteiger partial charge in [0.15, 0.2) is 5.84 Å². The Labute approximate surface area is 301 Å². The summed E-state index contributed by atoms with van der Waals surface area (Å²) in [5, 5.41) is 5.19. The van der Waals surface area contributed by atoms with Gasteiger partial charge in [-0.15, -0.1) is 0 Å². The number of hydrogen-bond donors (Lipinski definition) is 0. The fraction of sp³-hybridized carbons (Fsp3) is 0.102. The maximum atomic E-state index is 5.26. The van der Waals surface area contributed by atoms with Crippen molar-refractivity contribution in [1.82, 2.24) is 0 Å². The number of allylic oxidation sites excluding steroid dienone is 8. The highest BCUT2D eigenvalue weighted by molar-refractivity contribution is 6.14. The molecule has 8 rings (SSSR count). The number of fused-ring (bicyclic) bond motifs is 3. The predicted molar refractivity (Wildman–Crippen MR) is 220 cm³/mol. The summed E-state index contributed by atoms with van der Waals surface area (Å²) in [6.07, 6.45) is 20.0. The molecular weight excluding hydrogens is 617 g/mol. The summed E-state index contributed by atoms with van der Waals surface area (Å²) in [4.78, 5) is 10.4. The third kappa shape index (κ3) is 6.74. The second-order valence-corrected chi connectivity index (χ2v) is 13.2. The molecule has 0 saturated heterocycles. The van der Waals surface area contributed by atoms with E-state index in [0.717, 1.165) is 47.6 Å². The molecule has 0 bridgehead atoms. The summed E-state index contributed by atoms with van der Waals surface area (Å²) in [6, 6.07) is 43.8.